The van der Waals surface area contributed by atoms with Gasteiger partial charge in [0, 0.05) is 23.6 Å². The number of fused-ring (bicyclic) bond motifs is 1. The second-order valence-electron chi connectivity index (χ2n) is 5.05. The number of aryl methyl sites for hydroxylation is 1. The van der Waals surface area contributed by atoms with E-state index in [0.717, 1.165) is 22.0 Å². The van der Waals surface area contributed by atoms with Crippen molar-refractivity contribution in [3.63, 3.8) is 0 Å². The average molecular weight is 279 g/mol. The van der Waals surface area contributed by atoms with Gasteiger partial charge in [-0.2, -0.15) is 0 Å². The van der Waals surface area contributed by atoms with Crippen LogP contribution in [0.15, 0.2) is 54.7 Å². The van der Waals surface area contributed by atoms with Crippen molar-refractivity contribution < 1.29 is 9.18 Å². The first kappa shape index (κ1) is 13.4. The predicted molar refractivity (Wildman–Crippen MR) is 80.9 cm³/mol. The molecular weight excluding hydrogens is 265 g/mol. The molecule has 2 aromatic carbocycles. The maximum absolute atomic E-state index is 13.3. The van der Waals surface area contributed by atoms with Gasteiger partial charge in [0.2, 0.25) is 0 Å². The van der Waals surface area contributed by atoms with Crippen LogP contribution in [-0.4, -0.2) is 10.8 Å². The van der Waals surface area contributed by atoms with Crippen LogP contribution in [0.4, 0.5) is 4.39 Å². The van der Waals surface area contributed by atoms with Crippen molar-refractivity contribution in [2.24, 2.45) is 0 Å². The topological polar surface area (TPSA) is 30.0 Å². The molecule has 3 rings (SSSR count). The highest BCUT2D eigenvalue weighted by molar-refractivity contribution is 6.07. The van der Waals surface area contributed by atoms with E-state index in [4.69, 9.17) is 0 Å². The maximum Gasteiger partial charge on any atom is 0.167 e. The van der Waals surface area contributed by atoms with E-state index in [2.05, 4.69) is 4.98 Å². The monoisotopic (exact) mass is 279 g/mol. The smallest absolute Gasteiger partial charge is 0.167 e. The number of Topliss-reactive ketones (excluding diaryl/α,β-unsaturated/α-hetero) is 1. The Kier molecular flexibility index (Phi) is 3.48. The molecule has 3 aromatic rings. The second kappa shape index (κ2) is 5.44. The third kappa shape index (κ3) is 2.68. The summed E-state index contributed by atoms with van der Waals surface area (Å²) in [7, 11) is 0. The first-order valence-electron chi connectivity index (χ1n) is 6.77. The number of rotatable bonds is 3. The van der Waals surface area contributed by atoms with E-state index in [1.54, 1.807) is 18.3 Å². The molecule has 0 amide bonds. The third-order valence-electron chi connectivity index (χ3n) is 3.61. The number of nitrogens with zero attached hydrogens (tertiary/aromatic N) is 1. The largest absolute Gasteiger partial charge is 0.294 e. The minimum absolute atomic E-state index is 0.0256. The Morgan fingerprint density at radius 1 is 1.14 bits per heavy atom. The molecule has 104 valence electrons. The lowest BCUT2D eigenvalue weighted by molar-refractivity contribution is 0.0994. The molecule has 0 aliphatic heterocycles. The molecule has 0 N–H and O–H groups in total. The number of para-hydroxylation sites is 1. The molecule has 0 radical (unpaired) electrons. The second-order valence-corrected chi connectivity index (χ2v) is 5.05. The van der Waals surface area contributed by atoms with Crippen LogP contribution in [0.25, 0.3) is 10.9 Å². The highest BCUT2D eigenvalue weighted by Gasteiger charge is 2.12. The van der Waals surface area contributed by atoms with Crippen LogP contribution in [0.3, 0.4) is 0 Å². The molecule has 0 unspecified atom stereocenters. The maximum atomic E-state index is 13.3. The number of ketones is 1. The molecule has 0 aliphatic carbocycles. The van der Waals surface area contributed by atoms with Crippen molar-refractivity contribution in [2.75, 3.05) is 0 Å². The molecule has 0 saturated carbocycles. The van der Waals surface area contributed by atoms with Gasteiger partial charge in [-0.05, 0) is 42.3 Å². The molecule has 0 bridgehead atoms. The van der Waals surface area contributed by atoms with Crippen LogP contribution in [0.1, 0.15) is 21.5 Å². The van der Waals surface area contributed by atoms with Gasteiger partial charge < -0.3 is 0 Å². The van der Waals surface area contributed by atoms with Gasteiger partial charge in [-0.25, -0.2) is 4.39 Å². The summed E-state index contributed by atoms with van der Waals surface area (Å²) >= 11 is 0. The highest BCUT2D eigenvalue weighted by Crippen LogP contribution is 2.19. The number of halogens is 1. The Balaban J connectivity index is 1.99. The first-order chi connectivity index (χ1) is 10.1. The average Bonchev–Trinajstić information content (AvgIpc) is 2.50. The molecule has 1 aromatic heterocycles. The van der Waals surface area contributed by atoms with Crippen LogP contribution in [0, 0.1) is 12.7 Å². The van der Waals surface area contributed by atoms with E-state index >= 15 is 0 Å². The zero-order valence-corrected chi connectivity index (χ0v) is 11.6. The van der Waals surface area contributed by atoms with Gasteiger partial charge in [0.05, 0.1) is 5.52 Å². The zero-order valence-electron chi connectivity index (χ0n) is 11.6. The molecule has 0 spiro atoms. The van der Waals surface area contributed by atoms with Gasteiger partial charge in [0.15, 0.2) is 5.78 Å². The van der Waals surface area contributed by atoms with Gasteiger partial charge in [-0.15, -0.1) is 0 Å². The van der Waals surface area contributed by atoms with Crippen molar-refractivity contribution in [3.05, 3.63) is 77.2 Å². The molecule has 0 saturated heterocycles. The quantitative estimate of drug-likeness (QED) is 0.675. The van der Waals surface area contributed by atoms with Gasteiger partial charge in [-0.1, -0.05) is 24.3 Å². The van der Waals surface area contributed by atoms with Crippen molar-refractivity contribution >= 4 is 16.7 Å². The van der Waals surface area contributed by atoms with Crippen molar-refractivity contribution in [1.82, 2.24) is 4.98 Å². The first-order valence-corrected chi connectivity index (χ1v) is 6.77. The molecule has 3 heteroatoms. The number of aromatic nitrogens is 1. The summed E-state index contributed by atoms with van der Waals surface area (Å²) in [5.74, 6) is -0.342. The summed E-state index contributed by atoms with van der Waals surface area (Å²) in [6.45, 7) is 1.88. The summed E-state index contributed by atoms with van der Waals surface area (Å²) in [6.07, 6.45) is 1.83. The molecule has 0 fully saturated rings. The van der Waals surface area contributed by atoms with Gasteiger partial charge in [-0.3, -0.25) is 9.78 Å². The Morgan fingerprint density at radius 3 is 2.81 bits per heavy atom. The lowest BCUT2D eigenvalue weighted by atomic mass is 9.97. The minimum atomic E-state index is -0.317. The van der Waals surface area contributed by atoms with Gasteiger partial charge >= 0.3 is 0 Å². The van der Waals surface area contributed by atoms with Crippen molar-refractivity contribution in [1.29, 1.82) is 0 Å². The molecule has 1 heterocycles. The van der Waals surface area contributed by atoms with E-state index < -0.39 is 0 Å². The third-order valence-corrected chi connectivity index (χ3v) is 3.61. The fraction of sp³-hybridized carbons (Fsp3) is 0.111. The standard InChI is InChI=1S/C18H14FNO/c1-12-6-7-14(19)10-13(12)11-18(21)16-8-9-20-17-5-3-2-4-15(16)17/h2-10H,11H2,1H3. The molecule has 0 aliphatic rings. The number of carbonyl (C=O) groups is 1. The Morgan fingerprint density at radius 2 is 1.95 bits per heavy atom. The fourth-order valence-electron chi connectivity index (χ4n) is 2.44. The lowest BCUT2D eigenvalue weighted by Crippen LogP contribution is -2.06. The Bertz CT molecular complexity index is 821. The normalized spacial score (nSPS) is 10.8. The summed E-state index contributed by atoms with van der Waals surface area (Å²) in [4.78, 5) is 16.8. The number of carbonyl (C=O) groups excluding carboxylic acids is 1. The summed E-state index contributed by atoms with van der Waals surface area (Å²) in [5, 5.41) is 0.832. The van der Waals surface area contributed by atoms with Crippen LogP contribution in [-0.2, 0) is 6.42 Å². The SMILES string of the molecule is Cc1ccc(F)cc1CC(=O)c1ccnc2ccccc12. The van der Waals surface area contributed by atoms with E-state index in [-0.39, 0.29) is 18.0 Å². The van der Waals surface area contributed by atoms with Crippen molar-refractivity contribution in [3.8, 4) is 0 Å². The van der Waals surface area contributed by atoms with Crippen LogP contribution in [0.2, 0.25) is 0 Å². The Hall–Kier alpha value is -2.55. The van der Waals surface area contributed by atoms with Crippen molar-refractivity contribution in [2.45, 2.75) is 13.3 Å². The summed E-state index contributed by atoms with van der Waals surface area (Å²) in [5.41, 5.74) is 3.06. The number of pyridine rings is 1. The molecule has 21 heavy (non-hydrogen) atoms. The Labute approximate surface area is 122 Å². The number of benzene rings is 2. The highest BCUT2D eigenvalue weighted by atomic mass is 19.1. The van der Waals surface area contributed by atoms with Gasteiger partial charge in [0.1, 0.15) is 5.82 Å². The summed E-state index contributed by atoms with van der Waals surface area (Å²) < 4.78 is 13.3. The zero-order chi connectivity index (χ0) is 14.8. The van der Waals surface area contributed by atoms with E-state index in [9.17, 15) is 9.18 Å². The summed E-state index contributed by atoms with van der Waals surface area (Å²) in [6, 6.07) is 13.8. The van der Waals surface area contributed by atoms with E-state index in [0.29, 0.717) is 5.56 Å². The number of hydrogen-bond donors (Lipinski definition) is 0. The fourth-order valence-corrected chi connectivity index (χ4v) is 2.44. The van der Waals surface area contributed by atoms with Crippen LogP contribution >= 0.6 is 0 Å². The molecule has 2 nitrogen and oxygen atoms in total. The minimum Gasteiger partial charge on any atom is -0.294 e. The lowest BCUT2D eigenvalue weighted by Gasteiger charge is -2.07. The predicted octanol–water partition coefficient (Wildman–Crippen LogP) is 4.11. The molecular formula is C18H14FNO. The number of hydrogen-bond acceptors (Lipinski definition) is 2. The van der Waals surface area contributed by atoms with Crippen LogP contribution < -0.4 is 0 Å². The van der Waals surface area contributed by atoms with E-state index in [1.165, 1.54) is 12.1 Å². The van der Waals surface area contributed by atoms with Crippen LogP contribution in [0.5, 0.6) is 0 Å². The molecule has 0 atom stereocenters. The van der Waals surface area contributed by atoms with E-state index in [1.807, 2.05) is 31.2 Å². The van der Waals surface area contributed by atoms with Gasteiger partial charge in [0.25, 0.3) is 0 Å².